The number of H-pyrrole nitrogens is 1. The van der Waals surface area contributed by atoms with E-state index in [0.29, 0.717) is 23.4 Å². The molecule has 8 nitrogen and oxygen atoms in total. The molecule has 0 aliphatic rings. The summed E-state index contributed by atoms with van der Waals surface area (Å²) in [6.45, 7) is 2.36. The predicted molar refractivity (Wildman–Crippen MR) is 113 cm³/mol. The van der Waals surface area contributed by atoms with Crippen molar-refractivity contribution in [2.75, 3.05) is 0 Å². The number of tetrazole rings is 1. The van der Waals surface area contributed by atoms with E-state index in [2.05, 4.69) is 25.6 Å². The minimum atomic E-state index is -0.922. The summed E-state index contributed by atoms with van der Waals surface area (Å²) in [5.41, 5.74) is 5.00. The molecule has 0 radical (unpaired) electrons. The number of rotatable bonds is 5. The van der Waals surface area contributed by atoms with Gasteiger partial charge in [0.05, 0.1) is 17.4 Å². The van der Waals surface area contributed by atoms with Gasteiger partial charge in [-0.3, -0.25) is 0 Å². The summed E-state index contributed by atoms with van der Waals surface area (Å²) in [5.74, 6) is -0.376. The number of carbonyl (C=O) groups is 1. The van der Waals surface area contributed by atoms with E-state index in [4.69, 9.17) is 0 Å². The summed E-state index contributed by atoms with van der Waals surface area (Å²) < 4.78 is 1.89. The largest absolute Gasteiger partial charge is 0.478 e. The Hall–Kier alpha value is -3.85. The molecule has 0 aliphatic carbocycles. The van der Waals surface area contributed by atoms with Crippen molar-refractivity contribution in [2.45, 2.75) is 13.5 Å². The molecule has 5 aromatic rings. The lowest BCUT2D eigenvalue weighted by atomic mass is 9.98. The number of thiophene rings is 1. The molecule has 30 heavy (non-hydrogen) atoms. The van der Waals surface area contributed by atoms with Crippen LogP contribution in [0.3, 0.4) is 0 Å². The van der Waals surface area contributed by atoms with Crippen LogP contribution in [-0.4, -0.2) is 41.3 Å². The van der Waals surface area contributed by atoms with Crippen LogP contribution in [-0.2, 0) is 6.54 Å². The van der Waals surface area contributed by atoms with Crippen LogP contribution in [0, 0.1) is 6.92 Å². The molecule has 5 rings (SSSR count). The van der Waals surface area contributed by atoms with Crippen molar-refractivity contribution >= 4 is 27.7 Å². The van der Waals surface area contributed by atoms with Gasteiger partial charge in [-0.25, -0.2) is 9.78 Å². The maximum absolute atomic E-state index is 11.7. The molecule has 0 spiro atoms. The van der Waals surface area contributed by atoms with Crippen molar-refractivity contribution in [1.29, 1.82) is 0 Å². The van der Waals surface area contributed by atoms with Crippen LogP contribution in [0.2, 0.25) is 0 Å². The quantitative estimate of drug-likeness (QED) is 0.448. The zero-order valence-electron chi connectivity index (χ0n) is 15.9. The lowest BCUT2D eigenvalue weighted by molar-refractivity contribution is 0.0698. The van der Waals surface area contributed by atoms with Gasteiger partial charge in [0, 0.05) is 17.0 Å². The molecule has 0 atom stereocenters. The number of benzene rings is 2. The first kappa shape index (κ1) is 18.2. The number of carboxylic acid groups (broad SMARTS) is 1. The third kappa shape index (κ3) is 3.05. The van der Waals surface area contributed by atoms with Crippen LogP contribution >= 0.6 is 11.3 Å². The summed E-state index contributed by atoms with van der Waals surface area (Å²) in [6, 6.07) is 16.1. The van der Waals surface area contributed by atoms with Crippen molar-refractivity contribution in [3.8, 4) is 22.5 Å². The number of aromatic nitrogens is 6. The van der Waals surface area contributed by atoms with Crippen LogP contribution in [0.4, 0.5) is 0 Å². The molecule has 0 saturated heterocycles. The molecule has 2 N–H and O–H groups in total. The highest BCUT2D eigenvalue weighted by molar-refractivity contribution is 7.19. The average molecular weight is 416 g/mol. The van der Waals surface area contributed by atoms with E-state index >= 15 is 0 Å². The fourth-order valence-corrected chi connectivity index (χ4v) is 4.61. The highest BCUT2D eigenvalue weighted by Gasteiger charge is 2.20. The van der Waals surface area contributed by atoms with Crippen molar-refractivity contribution in [3.05, 3.63) is 70.9 Å². The molecule has 3 heterocycles. The Kier molecular flexibility index (Phi) is 4.36. The summed E-state index contributed by atoms with van der Waals surface area (Å²) in [7, 11) is 0. The predicted octanol–water partition coefficient (Wildman–Crippen LogP) is 4.00. The zero-order chi connectivity index (χ0) is 20.7. The van der Waals surface area contributed by atoms with Gasteiger partial charge in [-0.05, 0) is 28.8 Å². The van der Waals surface area contributed by atoms with E-state index in [1.54, 1.807) is 6.33 Å². The number of hydrogen-bond donors (Lipinski definition) is 2. The fraction of sp³-hybridized carbons (Fsp3) is 0.0952. The van der Waals surface area contributed by atoms with Gasteiger partial charge in [0.2, 0.25) is 5.82 Å². The fourth-order valence-electron chi connectivity index (χ4n) is 3.62. The second kappa shape index (κ2) is 7.20. The van der Waals surface area contributed by atoms with E-state index in [1.165, 1.54) is 11.3 Å². The molecule has 0 saturated carbocycles. The molecule has 0 aliphatic heterocycles. The average Bonchev–Trinajstić information content (AvgIpc) is 3.47. The molecule has 2 aromatic carbocycles. The van der Waals surface area contributed by atoms with Gasteiger partial charge in [0.1, 0.15) is 4.83 Å². The Morgan fingerprint density at radius 1 is 1.13 bits per heavy atom. The van der Waals surface area contributed by atoms with Crippen LogP contribution in [0.5, 0.6) is 0 Å². The maximum atomic E-state index is 11.7. The normalized spacial score (nSPS) is 11.2. The van der Waals surface area contributed by atoms with Crippen LogP contribution in [0.1, 0.15) is 20.8 Å². The van der Waals surface area contributed by atoms with Gasteiger partial charge < -0.3 is 9.67 Å². The summed E-state index contributed by atoms with van der Waals surface area (Å²) in [4.78, 5) is 17.6. The topological polar surface area (TPSA) is 110 Å². The van der Waals surface area contributed by atoms with Gasteiger partial charge in [0.25, 0.3) is 0 Å². The molecule has 0 unspecified atom stereocenters. The van der Waals surface area contributed by atoms with Gasteiger partial charge in [-0.15, -0.1) is 21.5 Å². The highest BCUT2D eigenvalue weighted by atomic mass is 32.1. The second-order valence-electron chi connectivity index (χ2n) is 6.84. The molecular formula is C21H16N6O2S. The molecule has 9 heteroatoms. The Bertz CT molecular complexity index is 1350. The number of nitrogens with one attached hydrogen (secondary N) is 1. The molecule has 0 amide bonds. The van der Waals surface area contributed by atoms with Crippen molar-refractivity contribution in [1.82, 2.24) is 30.2 Å². The first-order valence-electron chi connectivity index (χ1n) is 9.21. The first-order chi connectivity index (χ1) is 14.6. The van der Waals surface area contributed by atoms with E-state index in [9.17, 15) is 9.90 Å². The number of imidazole rings is 1. The van der Waals surface area contributed by atoms with Gasteiger partial charge in [-0.2, -0.15) is 5.21 Å². The van der Waals surface area contributed by atoms with Crippen molar-refractivity contribution in [2.24, 2.45) is 0 Å². The summed E-state index contributed by atoms with van der Waals surface area (Å²) >= 11 is 1.41. The minimum Gasteiger partial charge on any atom is -0.478 e. The number of nitrogens with zero attached hydrogens (tertiary/aromatic N) is 5. The number of aromatic amines is 1. The summed E-state index contributed by atoms with van der Waals surface area (Å²) in [5, 5.41) is 23.9. The molecule has 0 bridgehead atoms. The van der Waals surface area contributed by atoms with Crippen LogP contribution in [0.25, 0.3) is 32.9 Å². The minimum absolute atomic E-state index is 0.332. The molecular weight excluding hydrogens is 400 g/mol. The number of hydrogen-bond acceptors (Lipinski definition) is 6. The number of aromatic carboxylic acids is 1. The Morgan fingerprint density at radius 2 is 1.90 bits per heavy atom. The smallest absolute Gasteiger partial charge is 0.339 e. The highest BCUT2D eigenvalue weighted by Crippen LogP contribution is 2.32. The third-order valence-corrected chi connectivity index (χ3v) is 5.99. The van der Waals surface area contributed by atoms with E-state index in [0.717, 1.165) is 32.0 Å². The summed E-state index contributed by atoms with van der Waals surface area (Å²) in [6.07, 6.45) is 1.70. The first-order valence-corrected chi connectivity index (χ1v) is 10.0. The van der Waals surface area contributed by atoms with Gasteiger partial charge in [-0.1, -0.05) is 48.5 Å². The Balaban J connectivity index is 1.48. The van der Waals surface area contributed by atoms with Crippen molar-refractivity contribution < 1.29 is 9.90 Å². The van der Waals surface area contributed by atoms with E-state index < -0.39 is 5.97 Å². The van der Waals surface area contributed by atoms with E-state index in [-0.39, 0.29) is 0 Å². The third-order valence-electron chi connectivity index (χ3n) is 4.99. The standard InChI is InChI=1S/C21H16N6O2S/c1-12-17(21(28)29)18-20(30-12)22-11-27(18)10-13-6-8-14(9-7-13)15-4-2-3-5-16(15)19-23-25-26-24-19/h2-9,11H,10H2,1H3,(H,28,29)(H,23,24,25,26). The maximum Gasteiger partial charge on any atom is 0.339 e. The molecule has 3 aromatic heterocycles. The number of aryl methyl sites for hydroxylation is 1. The van der Waals surface area contributed by atoms with Crippen LogP contribution < -0.4 is 0 Å². The lowest BCUT2D eigenvalue weighted by Gasteiger charge is -2.09. The van der Waals surface area contributed by atoms with Crippen LogP contribution in [0.15, 0.2) is 54.9 Å². The Labute approximate surface area is 174 Å². The number of carboxylic acids is 1. The lowest BCUT2D eigenvalue weighted by Crippen LogP contribution is -2.03. The van der Waals surface area contributed by atoms with Gasteiger partial charge in [0.15, 0.2) is 0 Å². The monoisotopic (exact) mass is 416 g/mol. The SMILES string of the molecule is Cc1sc2ncn(Cc3ccc(-c4ccccc4-c4nn[nH]n4)cc3)c2c1C(=O)O. The van der Waals surface area contributed by atoms with Gasteiger partial charge >= 0.3 is 5.97 Å². The zero-order valence-corrected chi connectivity index (χ0v) is 16.7. The Morgan fingerprint density at radius 3 is 2.60 bits per heavy atom. The molecule has 0 fully saturated rings. The molecule has 148 valence electrons. The van der Waals surface area contributed by atoms with E-state index in [1.807, 2.05) is 60.0 Å². The number of fused-ring (bicyclic) bond motifs is 1. The second-order valence-corrected chi connectivity index (χ2v) is 8.05. The van der Waals surface area contributed by atoms with Crippen molar-refractivity contribution in [3.63, 3.8) is 0 Å².